The number of thioether (sulfide) groups is 1. The Morgan fingerprint density at radius 3 is 2.69 bits per heavy atom. The van der Waals surface area contributed by atoms with E-state index in [0.29, 0.717) is 5.75 Å². The number of hydrogen-bond donors (Lipinski definition) is 0. The summed E-state index contributed by atoms with van der Waals surface area (Å²) in [7, 11) is 0. The highest BCUT2D eigenvalue weighted by Crippen LogP contribution is 2.27. The first-order chi connectivity index (χ1) is 15.7. The van der Waals surface area contributed by atoms with Crippen LogP contribution in [0.15, 0.2) is 53.7 Å². The third-order valence-electron chi connectivity index (χ3n) is 6.02. The second-order valence-electron chi connectivity index (χ2n) is 8.19. The summed E-state index contributed by atoms with van der Waals surface area (Å²) in [5.41, 5.74) is 3.64. The molecule has 0 radical (unpaired) electrons. The summed E-state index contributed by atoms with van der Waals surface area (Å²) < 4.78 is 7.60. The lowest BCUT2D eigenvalue weighted by molar-refractivity contribution is -0.130. The van der Waals surface area contributed by atoms with Crippen molar-refractivity contribution < 1.29 is 9.53 Å². The molecule has 2 aromatic carbocycles. The van der Waals surface area contributed by atoms with Crippen molar-refractivity contribution in [2.24, 2.45) is 0 Å². The van der Waals surface area contributed by atoms with Crippen LogP contribution < -0.4 is 4.74 Å². The number of fused-ring (bicyclic) bond motifs is 1. The minimum atomic E-state index is 0.157. The Kier molecular flexibility index (Phi) is 6.14. The molecule has 32 heavy (non-hydrogen) atoms. The summed E-state index contributed by atoms with van der Waals surface area (Å²) >= 11 is 1.45. The number of hydrogen-bond acceptors (Lipinski definition) is 6. The zero-order valence-electron chi connectivity index (χ0n) is 18.2. The molecule has 1 fully saturated rings. The zero-order chi connectivity index (χ0) is 21.9. The molecule has 8 heteroatoms. The van der Waals surface area contributed by atoms with E-state index in [1.807, 2.05) is 46.7 Å². The molecule has 3 aromatic rings. The number of benzene rings is 2. The predicted molar refractivity (Wildman–Crippen MR) is 124 cm³/mol. The van der Waals surface area contributed by atoms with Crippen LogP contribution in [0.3, 0.4) is 0 Å². The molecule has 2 aliphatic rings. The van der Waals surface area contributed by atoms with Gasteiger partial charge in [0, 0.05) is 44.8 Å². The Morgan fingerprint density at radius 2 is 1.88 bits per heavy atom. The lowest BCUT2D eigenvalue weighted by atomic mass is 10.1. The van der Waals surface area contributed by atoms with Gasteiger partial charge in [0.15, 0.2) is 5.16 Å². The summed E-state index contributed by atoms with van der Waals surface area (Å²) in [6.45, 7) is 6.95. The van der Waals surface area contributed by atoms with Crippen molar-refractivity contribution in [2.75, 3.05) is 38.5 Å². The quantitative estimate of drug-likeness (QED) is 0.539. The van der Waals surface area contributed by atoms with Crippen LogP contribution in [0.2, 0.25) is 0 Å². The van der Waals surface area contributed by atoms with Crippen LogP contribution in [0.1, 0.15) is 17.0 Å². The largest absolute Gasteiger partial charge is 0.493 e. The van der Waals surface area contributed by atoms with Gasteiger partial charge in [-0.2, -0.15) is 0 Å². The number of ether oxygens (including phenoxy) is 1. The number of carbonyl (C=O) groups is 1. The van der Waals surface area contributed by atoms with Crippen LogP contribution in [0.5, 0.6) is 5.75 Å². The maximum atomic E-state index is 12.8. The first kappa shape index (κ1) is 21.0. The van der Waals surface area contributed by atoms with Crippen LogP contribution in [-0.4, -0.2) is 69.0 Å². The maximum absolute atomic E-state index is 12.8. The molecule has 7 nitrogen and oxygen atoms in total. The first-order valence-electron chi connectivity index (χ1n) is 11.0. The molecule has 1 amide bonds. The van der Waals surface area contributed by atoms with Crippen molar-refractivity contribution in [3.8, 4) is 11.4 Å². The fraction of sp³-hybridized carbons (Fsp3) is 0.375. The SMILES string of the molecule is Cc1nnc(SCC(=O)N2CCN(Cc3ccc4c(c3)CCO4)CC2)n1-c1ccccc1. The van der Waals surface area contributed by atoms with Gasteiger partial charge in [0.05, 0.1) is 12.4 Å². The molecule has 0 unspecified atom stereocenters. The highest BCUT2D eigenvalue weighted by Gasteiger charge is 2.23. The van der Waals surface area contributed by atoms with E-state index in [-0.39, 0.29) is 5.91 Å². The normalized spacial score (nSPS) is 16.1. The van der Waals surface area contributed by atoms with Crippen molar-refractivity contribution in [1.82, 2.24) is 24.6 Å². The van der Waals surface area contributed by atoms with Crippen molar-refractivity contribution in [1.29, 1.82) is 0 Å². The van der Waals surface area contributed by atoms with Gasteiger partial charge in [-0.05, 0) is 36.2 Å². The molecule has 0 aliphatic carbocycles. The Hall–Kier alpha value is -2.84. The number of para-hydroxylation sites is 1. The highest BCUT2D eigenvalue weighted by molar-refractivity contribution is 7.99. The van der Waals surface area contributed by atoms with E-state index < -0.39 is 0 Å². The van der Waals surface area contributed by atoms with Gasteiger partial charge in [0.1, 0.15) is 11.6 Å². The van der Waals surface area contributed by atoms with Crippen LogP contribution in [0.25, 0.3) is 5.69 Å². The number of amides is 1. The van der Waals surface area contributed by atoms with Gasteiger partial charge in [0.25, 0.3) is 0 Å². The molecule has 0 N–H and O–H groups in total. The van der Waals surface area contributed by atoms with Gasteiger partial charge in [0.2, 0.25) is 5.91 Å². The second kappa shape index (κ2) is 9.34. The highest BCUT2D eigenvalue weighted by atomic mass is 32.2. The molecule has 0 saturated carbocycles. The van der Waals surface area contributed by atoms with E-state index >= 15 is 0 Å². The van der Waals surface area contributed by atoms with Gasteiger partial charge >= 0.3 is 0 Å². The second-order valence-corrected chi connectivity index (χ2v) is 9.13. The molecular formula is C24H27N5O2S. The van der Waals surface area contributed by atoms with Crippen LogP contribution >= 0.6 is 11.8 Å². The number of carbonyl (C=O) groups excluding carboxylic acids is 1. The minimum absolute atomic E-state index is 0.157. The van der Waals surface area contributed by atoms with E-state index in [2.05, 4.69) is 33.3 Å². The fourth-order valence-corrected chi connectivity index (χ4v) is 5.18. The number of rotatable bonds is 6. The molecule has 5 rings (SSSR count). The average Bonchev–Trinajstić information content (AvgIpc) is 3.44. The summed E-state index contributed by atoms with van der Waals surface area (Å²) in [5, 5.41) is 9.24. The zero-order valence-corrected chi connectivity index (χ0v) is 19.1. The van der Waals surface area contributed by atoms with E-state index in [1.54, 1.807) is 0 Å². The molecule has 0 atom stereocenters. The van der Waals surface area contributed by atoms with Crippen molar-refractivity contribution in [3.05, 3.63) is 65.5 Å². The van der Waals surface area contributed by atoms with Gasteiger partial charge in [-0.3, -0.25) is 14.3 Å². The van der Waals surface area contributed by atoms with E-state index in [0.717, 1.165) is 68.2 Å². The Balaban J connectivity index is 1.13. The molecule has 1 saturated heterocycles. The van der Waals surface area contributed by atoms with Gasteiger partial charge in [-0.15, -0.1) is 10.2 Å². The summed E-state index contributed by atoms with van der Waals surface area (Å²) in [6, 6.07) is 16.5. The fourth-order valence-electron chi connectivity index (χ4n) is 4.28. The number of aromatic nitrogens is 3. The van der Waals surface area contributed by atoms with Crippen LogP contribution in [0.4, 0.5) is 0 Å². The third kappa shape index (κ3) is 4.52. The molecule has 0 bridgehead atoms. The van der Waals surface area contributed by atoms with Crippen molar-refractivity contribution in [2.45, 2.75) is 25.0 Å². The molecule has 0 spiro atoms. The monoisotopic (exact) mass is 449 g/mol. The Bertz CT molecular complexity index is 1090. The summed E-state index contributed by atoms with van der Waals surface area (Å²) in [4.78, 5) is 17.2. The van der Waals surface area contributed by atoms with Crippen LogP contribution in [0, 0.1) is 6.92 Å². The molecule has 166 valence electrons. The summed E-state index contributed by atoms with van der Waals surface area (Å²) in [5.74, 6) is 2.37. The smallest absolute Gasteiger partial charge is 0.233 e. The number of aryl methyl sites for hydroxylation is 1. The lowest BCUT2D eigenvalue weighted by Crippen LogP contribution is -2.48. The topological polar surface area (TPSA) is 63.5 Å². The predicted octanol–water partition coefficient (Wildman–Crippen LogP) is 2.95. The van der Waals surface area contributed by atoms with Crippen molar-refractivity contribution in [3.63, 3.8) is 0 Å². The molecule has 2 aliphatic heterocycles. The van der Waals surface area contributed by atoms with Crippen LogP contribution in [-0.2, 0) is 17.8 Å². The van der Waals surface area contributed by atoms with Crippen molar-refractivity contribution >= 4 is 17.7 Å². The molecular weight excluding hydrogens is 422 g/mol. The van der Waals surface area contributed by atoms with E-state index in [4.69, 9.17) is 4.74 Å². The standard InChI is InChI=1S/C24H27N5O2S/c1-18-25-26-24(29(18)21-5-3-2-4-6-21)32-17-23(30)28-12-10-27(11-13-28)16-19-7-8-22-20(15-19)9-14-31-22/h2-8,15H,9-14,16-17H2,1H3. The molecule has 1 aromatic heterocycles. The Labute approximate surface area is 192 Å². The lowest BCUT2D eigenvalue weighted by Gasteiger charge is -2.34. The number of piperazine rings is 1. The Morgan fingerprint density at radius 1 is 1.06 bits per heavy atom. The van der Waals surface area contributed by atoms with E-state index in [9.17, 15) is 4.79 Å². The van der Waals surface area contributed by atoms with Gasteiger partial charge in [-0.1, -0.05) is 42.1 Å². The van der Waals surface area contributed by atoms with E-state index in [1.165, 1.54) is 22.9 Å². The molecule has 3 heterocycles. The number of nitrogens with zero attached hydrogens (tertiary/aromatic N) is 5. The maximum Gasteiger partial charge on any atom is 0.233 e. The first-order valence-corrected chi connectivity index (χ1v) is 12.0. The van der Waals surface area contributed by atoms with Gasteiger partial charge in [-0.25, -0.2) is 0 Å². The third-order valence-corrected chi connectivity index (χ3v) is 6.93. The average molecular weight is 450 g/mol. The summed E-state index contributed by atoms with van der Waals surface area (Å²) in [6.07, 6.45) is 1.00. The van der Waals surface area contributed by atoms with Gasteiger partial charge < -0.3 is 9.64 Å². The minimum Gasteiger partial charge on any atom is -0.493 e.